The number of ketones is 2. The molecule has 1 saturated heterocycles. The number of Topliss-reactive ketones (excluding diaryl/α,β-unsaturated/α-hetero) is 2. The highest BCUT2D eigenvalue weighted by molar-refractivity contribution is 6.33. The fraction of sp³-hybridized carbons (Fsp3) is 0.552. The zero-order valence-corrected chi connectivity index (χ0v) is 24.2. The predicted octanol–water partition coefficient (Wildman–Crippen LogP) is 1.30. The average molecular weight is 589 g/mol. The number of amides is 1. The van der Waals surface area contributed by atoms with Crippen LogP contribution in [0.4, 0.5) is 0 Å². The van der Waals surface area contributed by atoms with Gasteiger partial charge in [-0.05, 0) is 83.0 Å². The Morgan fingerprint density at radius 3 is 2.44 bits per heavy atom. The number of phenols is 1. The molecule has 222 valence electrons. The molecule has 1 aliphatic heterocycles. The summed E-state index contributed by atoms with van der Waals surface area (Å²) in [4.78, 5) is 45.3. The molecule has 0 aromatic heterocycles. The van der Waals surface area contributed by atoms with Crippen molar-refractivity contribution in [1.82, 2.24) is 14.7 Å². The van der Waals surface area contributed by atoms with E-state index < -0.39 is 58.0 Å². The van der Waals surface area contributed by atoms with Gasteiger partial charge in [0.05, 0.1) is 11.6 Å². The number of hydrogen-bond donors (Lipinski definition) is 5. The number of benzene rings is 1. The van der Waals surface area contributed by atoms with Crippen LogP contribution in [0.1, 0.15) is 40.7 Å². The second-order valence-corrected chi connectivity index (χ2v) is 12.3. The Hall–Kier alpha value is -2.96. The normalized spacial score (nSPS) is 28.4. The molecule has 1 aromatic rings. The lowest BCUT2D eigenvalue weighted by Crippen LogP contribution is -2.63. The molecule has 0 unspecified atom stereocenters. The molecule has 0 spiro atoms. The molecular formula is C29H37ClN4O7. The summed E-state index contributed by atoms with van der Waals surface area (Å²) >= 11 is 6.86. The molecule has 41 heavy (non-hydrogen) atoms. The second kappa shape index (κ2) is 10.7. The van der Waals surface area contributed by atoms with E-state index in [1.54, 1.807) is 14.1 Å². The van der Waals surface area contributed by atoms with Gasteiger partial charge in [-0.1, -0.05) is 11.6 Å². The zero-order valence-electron chi connectivity index (χ0n) is 23.5. The van der Waals surface area contributed by atoms with Crippen molar-refractivity contribution in [1.29, 1.82) is 0 Å². The maximum Gasteiger partial charge on any atom is 0.255 e. The number of carbonyl (C=O) groups is 3. The minimum absolute atomic E-state index is 0.0167. The summed E-state index contributed by atoms with van der Waals surface area (Å²) in [6.07, 6.45) is 2.59. The fourth-order valence-corrected chi connectivity index (χ4v) is 7.44. The van der Waals surface area contributed by atoms with Gasteiger partial charge in [0.25, 0.3) is 5.91 Å². The first-order valence-corrected chi connectivity index (χ1v) is 14.3. The van der Waals surface area contributed by atoms with Crippen LogP contribution in [0.2, 0.25) is 5.02 Å². The number of carbonyl (C=O) groups excluding carboxylic acids is 3. The molecule has 5 rings (SSSR count). The molecule has 4 aliphatic rings. The molecule has 12 heteroatoms. The van der Waals surface area contributed by atoms with Crippen LogP contribution in [0.3, 0.4) is 0 Å². The number of primary amides is 1. The van der Waals surface area contributed by atoms with E-state index in [4.69, 9.17) is 17.3 Å². The van der Waals surface area contributed by atoms with Crippen molar-refractivity contribution < 1.29 is 34.8 Å². The van der Waals surface area contributed by atoms with E-state index in [9.17, 15) is 34.8 Å². The lowest BCUT2D eigenvalue weighted by Gasteiger charge is -2.50. The van der Waals surface area contributed by atoms with Crippen molar-refractivity contribution in [2.45, 2.75) is 43.9 Å². The van der Waals surface area contributed by atoms with Crippen molar-refractivity contribution in [3.05, 3.63) is 50.4 Å². The molecule has 3 aliphatic carbocycles. The number of aromatic hydroxyl groups is 1. The first-order chi connectivity index (χ1) is 19.3. The number of likely N-dealkylation sites (tertiary alicyclic amines) is 1. The second-order valence-electron chi connectivity index (χ2n) is 12.0. The minimum Gasteiger partial charge on any atom is -0.510 e. The minimum atomic E-state index is -2.66. The number of hydrogen-bond acceptors (Lipinski definition) is 10. The molecule has 4 atom stereocenters. The molecule has 1 amide bonds. The number of nitrogens with zero attached hydrogens (tertiary/aromatic N) is 3. The maximum absolute atomic E-state index is 13.8. The Labute approximate surface area is 243 Å². The zero-order chi connectivity index (χ0) is 30.0. The van der Waals surface area contributed by atoms with Crippen LogP contribution >= 0.6 is 11.6 Å². The summed E-state index contributed by atoms with van der Waals surface area (Å²) in [6, 6.07) is 0.406. The van der Waals surface area contributed by atoms with Crippen LogP contribution in [0.25, 0.3) is 0 Å². The molecule has 0 saturated carbocycles. The molecule has 0 radical (unpaired) electrons. The Kier molecular flexibility index (Phi) is 7.71. The number of nitrogens with two attached hydrogens (primary N) is 1. The van der Waals surface area contributed by atoms with Gasteiger partial charge < -0.3 is 36.0 Å². The number of fused-ring (bicyclic) bond motifs is 3. The van der Waals surface area contributed by atoms with E-state index in [0.29, 0.717) is 22.7 Å². The van der Waals surface area contributed by atoms with Gasteiger partial charge in [-0.15, -0.1) is 0 Å². The first kappa shape index (κ1) is 29.5. The maximum atomic E-state index is 13.8. The number of likely N-dealkylation sites (N-methyl/N-ethyl adjacent to an activating group) is 2. The Bertz CT molecular complexity index is 1380. The van der Waals surface area contributed by atoms with Gasteiger partial charge in [0.15, 0.2) is 11.4 Å². The quantitative estimate of drug-likeness (QED) is 0.293. The highest BCUT2D eigenvalue weighted by Crippen LogP contribution is 2.53. The average Bonchev–Trinajstić information content (AvgIpc) is 3.41. The summed E-state index contributed by atoms with van der Waals surface area (Å²) in [6.45, 7) is 4.37. The van der Waals surface area contributed by atoms with Gasteiger partial charge in [0, 0.05) is 36.1 Å². The van der Waals surface area contributed by atoms with Crippen LogP contribution in [-0.4, -0.2) is 112 Å². The topological polar surface area (TPSA) is 168 Å². The summed E-state index contributed by atoms with van der Waals surface area (Å²) in [5.74, 6) is -6.81. The van der Waals surface area contributed by atoms with Crippen molar-refractivity contribution in [2.75, 3.05) is 47.3 Å². The number of aliphatic hydroxyl groups is 3. The Morgan fingerprint density at radius 1 is 1.17 bits per heavy atom. The van der Waals surface area contributed by atoms with Crippen molar-refractivity contribution >= 4 is 29.1 Å². The van der Waals surface area contributed by atoms with Gasteiger partial charge >= 0.3 is 0 Å². The fourth-order valence-electron chi connectivity index (χ4n) is 7.16. The highest BCUT2D eigenvalue weighted by atomic mass is 35.5. The van der Waals surface area contributed by atoms with Crippen LogP contribution in [0.5, 0.6) is 5.75 Å². The number of phenolic OH excluding ortho intramolecular Hbond substituents is 1. The summed E-state index contributed by atoms with van der Waals surface area (Å²) < 4.78 is 0. The lowest BCUT2D eigenvalue weighted by molar-refractivity contribution is -0.148. The van der Waals surface area contributed by atoms with E-state index in [-0.39, 0.29) is 29.7 Å². The van der Waals surface area contributed by atoms with Gasteiger partial charge in [0.2, 0.25) is 5.78 Å². The molecule has 6 N–H and O–H groups in total. The van der Waals surface area contributed by atoms with Crippen molar-refractivity contribution in [2.24, 2.45) is 17.6 Å². The van der Waals surface area contributed by atoms with Crippen molar-refractivity contribution in [3.63, 3.8) is 0 Å². The third-order valence-corrected chi connectivity index (χ3v) is 9.64. The SMILES string of the molecule is CN(CCN1CCCC1)Cc1cc(O)c2c(c1Cl)C[C@H]1C[C@H]3[C@H](N(C)C)C(O)=C(C(N)=O)C(=O)[C@@]3(O)C(O)=C1C2=O. The van der Waals surface area contributed by atoms with E-state index >= 15 is 0 Å². The largest absolute Gasteiger partial charge is 0.510 e. The summed E-state index contributed by atoms with van der Waals surface area (Å²) in [7, 11) is 5.15. The Balaban J connectivity index is 1.52. The number of aliphatic hydroxyl groups excluding tert-OH is 2. The van der Waals surface area contributed by atoms with E-state index in [1.165, 1.54) is 23.8 Å². The smallest absolute Gasteiger partial charge is 0.255 e. The standard InChI is InChI=1S/C29H37ClN4O7/c1-32(2)23-17-11-14-10-16-20(18(35)12-15(22(16)30)13-33(3)8-9-34-6-4-5-7-34)24(36)19(14)26(38)29(17,41)27(39)21(25(23)37)28(31)40/h12,14,17,23,35,37-38,41H,4-11,13H2,1-3H3,(H2,31,40)/t14-,17-,23-,29-/m0/s1. The van der Waals surface area contributed by atoms with Gasteiger partial charge in [-0.3, -0.25) is 19.3 Å². The molecule has 1 fully saturated rings. The summed E-state index contributed by atoms with van der Waals surface area (Å²) in [5.41, 5.74) is 2.69. The molecular weight excluding hydrogens is 552 g/mol. The number of halogens is 1. The molecule has 0 bridgehead atoms. The number of allylic oxidation sites excluding steroid dienone is 1. The van der Waals surface area contributed by atoms with E-state index in [2.05, 4.69) is 9.80 Å². The van der Waals surface area contributed by atoms with E-state index in [0.717, 1.165) is 26.2 Å². The van der Waals surface area contributed by atoms with Crippen LogP contribution in [-0.2, 0) is 22.6 Å². The van der Waals surface area contributed by atoms with Crippen LogP contribution in [0.15, 0.2) is 28.7 Å². The molecule has 1 heterocycles. The lowest BCUT2D eigenvalue weighted by atomic mass is 9.58. The molecule has 11 nitrogen and oxygen atoms in total. The summed E-state index contributed by atoms with van der Waals surface area (Å²) in [5, 5.41) is 45.3. The van der Waals surface area contributed by atoms with Crippen LogP contribution < -0.4 is 5.73 Å². The monoisotopic (exact) mass is 588 g/mol. The number of rotatable bonds is 7. The van der Waals surface area contributed by atoms with Gasteiger partial charge in [0.1, 0.15) is 22.8 Å². The third-order valence-electron chi connectivity index (χ3n) is 9.17. The van der Waals surface area contributed by atoms with Gasteiger partial charge in [-0.2, -0.15) is 0 Å². The highest BCUT2D eigenvalue weighted by Gasteiger charge is 2.63. The first-order valence-electron chi connectivity index (χ1n) is 13.9. The van der Waals surface area contributed by atoms with Gasteiger partial charge in [-0.25, -0.2) is 0 Å². The molecule has 1 aromatic carbocycles. The predicted molar refractivity (Wildman–Crippen MR) is 151 cm³/mol. The Morgan fingerprint density at radius 2 is 1.83 bits per heavy atom. The van der Waals surface area contributed by atoms with E-state index in [1.807, 2.05) is 7.05 Å². The third kappa shape index (κ3) is 4.64. The van der Waals surface area contributed by atoms with Crippen LogP contribution in [0, 0.1) is 11.8 Å². The van der Waals surface area contributed by atoms with Crippen molar-refractivity contribution in [3.8, 4) is 5.75 Å².